The molecule has 1 aliphatic carbocycles. The summed E-state index contributed by atoms with van der Waals surface area (Å²) in [4.78, 5) is 5.48. The minimum atomic E-state index is -0.138. The molecule has 8 aromatic rings. The summed E-state index contributed by atoms with van der Waals surface area (Å²) in [7, 11) is 0. The number of nitrogens with zero attached hydrogens (tertiary/aromatic N) is 3. The highest BCUT2D eigenvalue weighted by molar-refractivity contribution is 7.00. The van der Waals surface area contributed by atoms with Gasteiger partial charge in [0.2, 0.25) is 0 Å². The van der Waals surface area contributed by atoms with Crippen molar-refractivity contribution in [2.24, 2.45) is 0 Å². The van der Waals surface area contributed by atoms with E-state index >= 15 is 0 Å². The molecule has 1 fully saturated rings. The number of hydrogen-bond acceptors (Lipinski definition) is 2. The standard InChI is InChI=1S/C68H74BN3/c1-63(2,3)45-27-31-49(32-28-45)70(50-33-29-46(30-34-50)64(4,5)6)51-41-56-59-57(42-51)72-62-53(67(13)35-21-22-36-68(67,72)14)38-48(66(10,11)12)40-55(62)69(59)54-39-47(65(7,8)9)37-52-58(43-23-17-15-18-24-43)60(71(56)61(52)54)44-25-19-16-20-26-44/h15-20,23-34,37-42H,21-22,35-36H2,1-14H3. The van der Waals surface area contributed by atoms with Gasteiger partial charge < -0.3 is 14.4 Å². The van der Waals surface area contributed by atoms with E-state index in [4.69, 9.17) is 0 Å². The first-order valence-electron chi connectivity index (χ1n) is 27.0. The van der Waals surface area contributed by atoms with Crippen molar-refractivity contribution < 1.29 is 0 Å². The second kappa shape index (κ2) is 15.6. The maximum atomic E-state index is 2.92. The Labute approximate surface area is 431 Å². The third-order valence-electron chi connectivity index (χ3n) is 17.9. The van der Waals surface area contributed by atoms with E-state index in [1.807, 2.05) is 0 Å². The largest absolute Gasteiger partial charge is 0.335 e. The predicted octanol–water partition coefficient (Wildman–Crippen LogP) is 16.5. The second-order valence-corrected chi connectivity index (χ2v) is 26.6. The zero-order chi connectivity index (χ0) is 50.7. The summed E-state index contributed by atoms with van der Waals surface area (Å²) < 4.78 is 2.73. The highest BCUT2D eigenvalue weighted by atomic mass is 15.3. The van der Waals surface area contributed by atoms with Gasteiger partial charge in [0.1, 0.15) is 0 Å². The van der Waals surface area contributed by atoms with E-state index in [0.717, 1.165) is 17.8 Å². The minimum Gasteiger partial charge on any atom is -0.335 e. The minimum absolute atomic E-state index is 0.0220. The Morgan fingerprint density at radius 1 is 0.486 bits per heavy atom. The Balaban J connectivity index is 1.28. The molecule has 4 heterocycles. The third-order valence-corrected chi connectivity index (χ3v) is 17.9. The van der Waals surface area contributed by atoms with E-state index in [0.29, 0.717) is 0 Å². The van der Waals surface area contributed by atoms with Gasteiger partial charge in [-0.1, -0.05) is 206 Å². The Morgan fingerprint density at radius 3 is 1.54 bits per heavy atom. The van der Waals surface area contributed by atoms with Crippen molar-refractivity contribution in [1.82, 2.24) is 4.57 Å². The van der Waals surface area contributed by atoms with Crippen LogP contribution in [0, 0.1) is 0 Å². The molecule has 364 valence electrons. The zero-order valence-corrected chi connectivity index (χ0v) is 45.6. The molecule has 4 aliphatic rings. The summed E-state index contributed by atoms with van der Waals surface area (Å²) in [6, 6.07) is 57.1. The van der Waals surface area contributed by atoms with Crippen molar-refractivity contribution >= 4 is 62.4 Å². The Hall–Kier alpha value is -6.26. The lowest BCUT2D eigenvalue weighted by molar-refractivity contribution is 0.195. The molecule has 3 nitrogen and oxygen atoms in total. The van der Waals surface area contributed by atoms with Crippen LogP contribution in [-0.4, -0.2) is 16.8 Å². The van der Waals surface area contributed by atoms with Crippen LogP contribution in [0.25, 0.3) is 39.0 Å². The molecule has 0 saturated heterocycles. The van der Waals surface area contributed by atoms with Gasteiger partial charge in [-0.25, -0.2) is 0 Å². The normalized spacial score (nSPS) is 19.1. The Morgan fingerprint density at radius 2 is 0.986 bits per heavy atom. The number of rotatable bonds is 5. The lowest BCUT2D eigenvalue weighted by atomic mass is 9.33. The van der Waals surface area contributed by atoms with Gasteiger partial charge in [-0.15, -0.1) is 0 Å². The van der Waals surface area contributed by atoms with Crippen molar-refractivity contribution in [3.05, 3.63) is 173 Å². The summed E-state index contributed by atoms with van der Waals surface area (Å²) in [6.07, 6.45) is 4.80. The molecule has 1 aromatic heterocycles. The number of hydrogen-bond donors (Lipinski definition) is 0. The van der Waals surface area contributed by atoms with Crippen LogP contribution in [-0.2, 0) is 27.1 Å². The highest BCUT2D eigenvalue weighted by Gasteiger charge is 2.61. The average Bonchev–Trinajstić information content (AvgIpc) is 3.79. The molecule has 1 saturated carbocycles. The number of benzene rings is 7. The van der Waals surface area contributed by atoms with Crippen LogP contribution in [0.2, 0.25) is 0 Å². The molecule has 2 atom stereocenters. The number of anilines is 5. The summed E-state index contributed by atoms with van der Waals surface area (Å²) in [6.45, 7) is 33.6. The fraction of sp³-hybridized carbons (Fsp3) is 0.353. The van der Waals surface area contributed by atoms with Gasteiger partial charge in [-0.05, 0) is 139 Å². The van der Waals surface area contributed by atoms with Crippen LogP contribution in [0.1, 0.15) is 150 Å². The van der Waals surface area contributed by atoms with Crippen LogP contribution in [0.5, 0.6) is 0 Å². The summed E-state index contributed by atoms with van der Waals surface area (Å²) in [5.41, 5.74) is 25.1. The van der Waals surface area contributed by atoms with Crippen molar-refractivity contribution in [2.45, 2.75) is 155 Å². The molecule has 72 heavy (non-hydrogen) atoms. The van der Waals surface area contributed by atoms with E-state index in [1.165, 1.54) is 114 Å². The quantitative estimate of drug-likeness (QED) is 0.159. The highest BCUT2D eigenvalue weighted by Crippen LogP contribution is 2.62. The van der Waals surface area contributed by atoms with Crippen LogP contribution in [0.15, 0.2) is 146 Å². The van der Waals surface area contributed by atoms with Gasteiger partial charge in [0.05, 0.1) is 16.9 Å². The van der Waals surface area contributed by atoms with Gasteiger partial charge in [0.25, 0.3) is 6.71 Å². The van der Waals surface area contributed by atoms with Crippen molar-refractivity contribution in [2.75, 3.05) is 9.80 Å². The van der Waals surface area contributed by atoms with Gasteiger partial charge in [-0.3, -0.25) is 0 Å². The predicted molar refractivity (Wildman–Crippen MR) is 311 cm³/mol. The maximum absolute atomic E-state index is 2.92. The second-order valence-electron chi connectivity index (χ2n) is 26.6. The summed E-state index contributed by atoms with van der Waals surface area (Å²) >= 11 is 0. The van der Waals surface area contributed by atoms with Crippen LogP contribution >= 0.6 is 0 Å². The Bertz CT molecular complexity index is 3400. The van der Waals surface area contributed by atoms with Crippen molar-refractivity contribution in [3.8, 4) is 28.1 Å². The zero-order valence-electron chi connectivity index (χ0n) is 45.6. The third kappa shape index (κ3) is 6.83. The SMILES string of the molecule is CC(C)(C)c1ccc(N(c2ccc(C(C)(C)C)cc2)c2cc3c4c(c2)-n2c(-c5ccccc5)c(-c5ccccc5)c5cc(C(C)(C)C)cc(c52)B4c2cc(C(C)(C)C)cc4c2N3C2(C)CCCCC42C)cc1. The summed E-state index contributed by atoms with van der Waals surface area (Å²) in [5.74, 6) is 0. The lowest BCUT2D eigenvalue weighted by Crippen LogP contribution is -2.64. The van der Waals surface area contributed by atoms with E-state index in [-0.39, 0.29) is 39.3 Å². The first-order chi connectivity index (χ1) is 34.0. The molecule has 12 rings (SSSR count). The monoisotopic (exact) mass is 944 g/mol. The van der Waals surface area contributed by atoms with Crippen LogP contribution in [0.4, 0.5) is 28.4 Å². The fourth-order valence-corrected chi connectivity index (χ4v) is 13.5. The van der Waals surface area contributed by atoms with Crippen LogP contribution in [0.3, 0.4) is 0 Å². The summed E-state index contributed by atoms with van der Waals surface area (Å²) in [5, 5.41) is 1.33. The molecule has 0 N–H and O–H groups in total. The van der Waals surface area contributed by atoms with Gasteiger partial charge in [0.15, 0.2) is 0 Å². The Kier molecular flexibility index (Phi) is 10.2. The molecule has 0 spiro atoms. The smallest absolute Gasteiger partial charge is 0.252 e. The molecule has 3 aliphatic heterocycles. The van der Waals surface area contributed by atoms with E-state index in [9.17, 15) is 0 Å². The van der Waals surface area contributed by atoms with E-state index < -0.39 is 0 Å². The molecule has 0 radical (unpaired) electrons. The molecule has 7 aromatic carbocycles. The van der Waals surface area contributed by atoms with E-state index in [1.54, 1.807) is 5.56 Å². The molecule has 4 heteroatoms. The lowest BCUT2D eigenvalue weighted by Gasteiger charge is -2.52. The first kappa shape index (κ1) is 46.8. The number of fused-ring (bicyclic) bond motifs is 7. The van der Waals surface area contributed by atoms with Crippen molar-refractivity contribution in [1.29, 1.82) is 0 Å². The van der Waals surface area contributed by atoms with Gasteiger partial charge in [0, 0.05) is 50.3 Å². The van der Waals surface area contributed by atoms with Gasteiger partial charge in [-0.2, -0.15) is 0 Å². The number of aromatic nitrogens is 1. The van der Waals surface area contributed by atoms with E-state index in [2.05, 4.69) is 257 Å². The van der Waals surface area contributed by atoms with Gasteiger partial charge >= 0.3 is 0 Å². The molecule has 0 bridgehead atoms. The van der Waals surface area contributed by atoms with Crippen molar-refractivity contribution in [3.63, 3.8) is 0 Å². The topological polar surface area (TPSA) is 11.4 Å². The molecule has 2 unspecified atom stereocenters. The molecular weight excluding hydrogens is 870 g/mol. The molecule has 0 amide bonds. The average molecular weight is 944 g/mol. The molecular formula is C68H74BN3. The maximum Gasteiger partial charge on any atom is 0.252 e. The first-order valence-corrected chi connectivity index (χ1v) is 27.0. The fourth-order valence-electron chi connectivity index (χ4n) is 13.5. The van der Waals surface area contributed by atoms with Crippen LogP contribution < -0.4 is 26.2 Å².